The van der Waals surface area contributed by atoms with Crippen molar-refractivity contribution in [3.05, 3.63) is 35.5 Å². The normalized spacial score (nSPS) is 16.1. The molecule has 1 unspecified atom stereocenters. The molecular weight excluding hydrogens is 428 g/mol. The Labute approximate surface area is 163 Å². The summed E-state index contributed by atoms with van der Waals surface area (Å²) in [7, 11) is 0. The van der Waals surface area contributed by atoms with E-state index in [1.807, 2.05) is 0 Å². The summed E-state index contributed by atoms with van der Waals surface area (Å²) in [6, 6.07) is 2.65. The fourth-order valence-electron chi connectivity index (χ4n) is 2.43. The van der Waals surface area contributed by atoms with E-state index >= 15 is 0 Å². The van der Waals surface area contributed by atoms with Crippen molar-refractivity contribution in [2.75, 3.05) is 5.32 Å². The number of aromatic carboxylic acids is 1. The number of hydrogen-bond acceptors (Lipinski definition) is 6. The molecular formula is C15H13F6N5O4. The molecule has 0 saturated heterocycles. The quantitative estimate of drug-likeness (QED) is 0.620. The maximum Gasteiger partial charge on any atom is 0.490 e. The highest BCUT2D eigenvalue weighted by Crippen LogP contribution is 2.30. The second-order valence-electron chi connectivity index (χ2n) is 5.98. The number of hydrogen-bond donors (Lipinski definition) is 3. The molecule has 9 nitrogen and oxygen atoms in total. The van der Waals surface area contributed by atoms with Gasteiger partial charge in [-0.15, -0.1) is 10.2 Å². The summed E-state index contributed by atoms with van der Waals surface area (Å²) in [4.78, 5) is 23.2. The third-order valence-corrected chi connectivity index (χ3v) is 3.76. The van der Waals surface area contributed by atoms with E-state index in [4.69, 9.17) is 15.0 Å². The van der Waals surface area contributed by atoms with Crippen molar-refractivity contribution >= 4 is 17.8 Å². The number of carboxylic acid groups (broad SMARTS) is 2. The summed E-state index contributed by atoms with van der Waals surface area (Å²) in [6.45, 7) is 0.320. The number of aryl methyl sites for hydroxylation is 1. The summed E-state index contributed by atoms with van der Waals surface area (Å²) in [5, 5.41) is 26.2. The molecule has 2 aromatic heterocycles. The average molecular weight is 441 g/mol. The van der Waals surface area contributed by atoms with Crippen molar-refractivity contribution < 1.29 is 46.1 Å². The van der Waals surface area contributed by atoms with E-state index in [1.54, 1.807) is 0 Å². The molecule has 0 aliphatic carbocycles. The van der Waals surface area contributed by atoms with Crippen LogP contribution in [0.15, 0.2) is 18.3 Å². The Morgan fingerprint density at radius 3 is 2.20 bits per heavy atom. The number of alkyl halides is 6. The molecule has 15 heteroatoms. The van der Waals surface area contributed by atoms with Crippen LogP contribution in [0.2, 0.25) is 0 Å². The van der Waals surface area contributed by atoms with E-state index in [9.17, 15) is 31.1 Å². The molecule has 0 amide bonds. The van der Waals surface area contributed by atoms with Gasteiger partial charge in [0.15, 0.2) is 11.4 Å². The van der Waals surface area contributed by atoms with Gasteiger partial charge in [-0.2, -0.15) is 26.3 Å². The van der Waals surface area contributed by atoms with Crippen molar-refractivity contribution in [3.63, 3.8) is 0 Å². The van der Waals surface area contributed by atoms with Crippen LogP contribution in [-0.2, 0) is 23.9 Å². The number of imidazole rings is 1. The molecule has 2 aromatic rings. The maximum atomic E-state index is 12.7. The number of nitrogens with zero attached hydrogens (tertiary/aromatic N) is 4. The molecule has 1 aliphatic rings. The van der Waals surface area contributed by atoms with Gasteiger partial charge in [0, 0.05) is 25.2 Å². The van der Waals surface area contributed by atoms with Crippen LogP contribution in [0, 0.1) is 0 Å². The lowest BCUT2D eigenvalue weighted by Crippen LogP contribution is -2.31. The molecule has 0 bridgehead atoms. The molecule has 30 heavy (non-hydrogen) atoms. The number of rotatable bonds is 3. The minimum Gasteiger partial charge on any atom is -0.476 e. The highest BCUT2D eigenvalue weighted by Gasteiger charge is 2.38. The smallest absolute Gasteiger partial charge is 0.476 e. The Kier molecular flexibility index (Phi) is 6.52. The van der Waals surface area contributed by atoms with Crippen LogP contribution in [0.5, 0.6) is 0 Å². The Morgan fingerprint density at radius 2 is 1.73 bits per heavy atom. The van der Waals surface area contributed by atoms with Crippen LogP contribution in [0.4, 0.5) is 32.2 Å². The lowest BCUT2D eigenvalue weighted by Gasteiger charge is -2.24. The largest absolute Gasteiger partial charge is 0.490 e. The van der Waals surface area contributed by atoms with E-state index in [2.05, 4.69) is 20.5 Å². The van der Waals surface area contributed by atoms with Gasteiger partial charge in [0.05, 0.1) is 0 Å². The molecule has 3 heterocycles. The molecule has 0 fully saturated rings. The molecule has 164 valence electrons. The number of halogens is 6. The predicted molar refractivity (Wildman–Crippen MR) is 85.6 cm³/mol. The summed E-state index contributed by atoms with van der Waals surface area (Å²) in [5.41, 5.74) is -1.07. The molecule has 0 radical (unpaired) electrons. The number of carbonyl (C=O) groups is 2. The third-order valence-electron chi connectivity index (χ3n) is 3.76. The molecule has 1 atom stereocenters. The Hall–Kier alpha value is -3.39. The minimum absolute atomic E-state index is 0.136. The van der Waals surface area contributed by atoms with Gasteiger partial charge in [0.2, 0.25) is 0 Å². The minimum atomic E-state index is -5.08. The number of aliphatic carboxylic acids is 1. The van der Waals surface area contributed by atoms with Crippen LogP contribution in [0.3, 0.4) is 0 Å². The third kappa shape index (κ3) is 6.05. The van der Waals surface area contributed by atoms with Gasteiger partial charge in [0.1, 0.15) is 11.6 Å². The fourth-order valence-corrected chi connectivity index (χ4v) is 2.43. The molecule has 0 saturated carbocycles. The van der Waals surface area contributed by atoms with Crippen LogP contribution in [-0.4, -0.2) is 54.1 Å². The highest BCUT2D eigenvalue weighted by molar-refractivity contribution is 5.85. The SMILES string of the molecule is O=C(O)C(F)(F)F.O=C(O)c1ccc(NC2CCc3nc(C(F)(F)F)cn3C2)nn1. The summed E-state index contributed by atoms with van der Waals surface area (Å²) in [5.74, 6) is -3.15. The monoisotopic (exact) mass is 441 g/mol. The number of nitrogens with one attached hydrogen (secondary N) is 1. The molecule has 0 aromatic carbocycles. The zero-order chi connectivity index (χ0) is 22.7. The van der Waals surface area contributed by atoms with Crippen molar-refractivity contribution in [1.82, 2.24) is 19.7 Å². The van der Waals surface area contributed by atoms with Gasteiger partial charge in [-0.1, -0.05) is 0 Å². The lowest BCUT2D eigenvalue weighted by atomic mass is 10.1. The fraction of sp³-hybridized carbons (Fsp3) is 0.400. The van der Waals surface area contributed by atoms with Crippen LogP contribution >= 0.6 is 0 Å². The Morgan fingerprint density at radius 1 is 1.10 bits per heavy atom. The van der Waals surface area contributed by atoms with E-state index < -0.39 is 30.0 Å². The van der Waals surface area contributed by atoms with Gasteiger partial charge in [0.25, 0.3) is 0 Å². The van der Waals surface area contributed by atoms with Gasteiger partial charge in [-0.05, 0) is 18.6 Å². The Bertz CT molecular complexity index is 910. The second-order valence-corrected chi connectivity index (χ2v) is 5.98. The Balaban J connectivity index is 0.000000396. The first-order valence-corrected chi connectivity index (χ1v) is 8.04. The van der Waals surface area contributed by atoms with E-state index in [-0.39, 0.29) is 11.7 Å². The zero-order valence-corrected chi connectivity index (χ0v) is 14.7. The van der Waals surface area contributed by atoms with Crippen molar-refractivity contribution in [1.29, 1.82) is 0 Å². The number of aromatic nitrogens is 4. The van der Waals surface area contributed by atoms with Crippen LogP contribution < -0.4 is 5.32 Å². The first kappa shape index (κ1) is 22.9. The van der Waals surface area contributed by atoms with Gasteiger partial charge >= 0.3 is 24.3 Å². The predicted octanol–water partition coefficient (Wildman–Crippen LogP) is 2.45. The number of fused-ring (bicyclic) bond motifs is 1. The topological polar surface area (TPSA) is 130 Å². The highest BCUT2D eigenvalue weighted by atomic mass is 19.4. The van der Waals surface area contributed by atoms with E-state index in [0.717, 1.165) is 6.20 Å². The van der Waals surface area contributed by atoms with Gasteiger partial charge < -0.3 is 20.1 Å². The molecule has 0 spiro atoms. The molecule has 3 rings (SSSR count). The first-order valence-electron chi connectivity index (χ1n) is 8.04. The van der Waals surface area contributed by atoms with Crippen LogP contribution in [0.25, 0.3) is 0 Å². The van der Waals surface area contributed by atoms with Gasteiger partial charge in [-0.3, -0.25) is 0 Å². The second kappa shape index (κ2) is 8.54. The van der Waals surface area contributed by atoms with E-state index in [0.29, 0.717) is 31.0 Å². The van der Waals surface area contributed by atoms with Gasteiger partial charge in [-0.25, -0.2) is 14.6 Å². The van der Waals surface area contributed by atoms with Crippen molar-refractivity contribution in [2.45, 2.75) is 37.8 Å². The number of anilines is 1. The van der Waals surface area contributed by atoms with Crippen molar-refractivity contribution in [3.8, 4) is 0 Å². The van der Waals surface area contributed by atoms with Crippen LogP contribution in [0.1, 0.15) is 28.4 Å². The standard InChI is InChI=1S/C13H12F3N5O2.C2HF3O2/c14-13(15,16)9-6-21-5-7(1-4-11(21)18-9)17-10-3-2-8(12(22)23)19-20-10;3-2(4,5)1(6)7/h2-3,6-7H,1,4-5H2,(H,17,20)(H,22,23);(H,6,7). The lowest BCUT2D eigenvalue weighted by molar-refractivity contribution is -0.192. The first-order chi connectivity index (χ1) is 13.8. The summed E-state index contributed by atoms with van der Waals surface area (Å²) < 4.78 is 71.2. The zero-order valence-electron chi connectivity index (χ0n) is 14.7. The summed E-state index contributed by atoms with van der Waals surface area (Å²) in [6.07, 6.45) is -7.53. The molecule has 3 N–H and O–H groups in total. The molecule has 1 aliphatic heterocycles. The summed E-state index contributed by atoms with van der Waals surface area (Å²) >= 11 is 0. The number of carboxylic acids is 2. The van der Waals surface area contributed by atoms with Crippen molar-refractivity contribution in [2.24, 2.45) is 0 Å². The maximum absolute atomic E-state index is 12.7. The van der Waals surface area contributed by atoms with E-state index in [1.165, 1.54) is 16.7 Å². The average Bonchev–Trinajstić information content (AvgIpc) is 3.06.